The zero-order valence-electron chi connectivity index (χ0n) is 15.1. The molecule has 2 aromatic rings. The Hall–Kier alpha value is -1.86. The summed E-state index contributed by atoms with van der Waals surface area (Å²) in [5, 5.41) is 2.71. The van der Waals surface area contributed by atoms with E-state index in [1.165, 1.54) is 0 Å². The van der Waals surface area contributed by atoms with Gasteiger partial charge in [-0.15, -0.1) is 0 Å². The van der Waals surface area contributed by atoms with Crippen LogP contribution in [0.5, 0.6) is 5.75 Å². The SMILES string of the molecule is CCOC(=O)C(Cc1ccccc1)NC(=O)COc1c(C)cc(Br)cc1Br. The lowest BCUT2D eigenvalue weighted by molar-refractivity contribution is -0.147. The summed E-state index contributed by atoms with van der Waals surface area (Å²) in [5.41, 5.74) is 1.82. The molecule has 1 unspecified atom stereocenters. The van der Waals surface area contributed by atoms with E-state index in [0.29, 0.717) is 12.2 Å². The van der Waals surface area contributed by atoms with E-state index in [0.717, 1.165) is 20.1 Å². The highest BCUT2D eigenvalue weighted by atomic mass is 79.9. The zero-order valence-corrected chi connectivity index (χ0v) is 18.3. The van der Waals surface area contributed by atoms with Gasteiger partial charge in [0.25, 0.3) is 5.91 Å². The lowest BCUT2D eigenvalue weighted by Crippen LogP contribution is -2.45. The zero-order chi connectivity index (χ0) is 19.8. The number of esters is 1. The molecule has 0 spiro atoms. The van der Waals surface area contributed by atoms with Gasteiger partial charge in [-0.1, -0.05) is 46.3 Å². The number of carbonyl (C=O) groups excluding carboxylic acids is 2. The van der Waals surface area contributed by atoms with Crippen molar-refractivity contribution in [3.8, 4) is 5.75 Å². The van der Waals surface area contributed by atoms with Crippen molar-refractivity contribution in [3.05, 3.63) is 62.5 Å². The summed E-state index contributed by atoms with van der Waals surface area (Å²) in [6, 6.07) is 12.4. The third-order valence-corrected chi connectivity index (χ3v) is 4.78. The smallest absolute Gasteiger partial charge is 0.328 e. The lowest BCUT2D eigenvalue weighted by atomic mass is 10.1. The van der Waals surface area contributed by atoms with Gasteiger partial charge in [0.2, 0.25) is 0 Å². The summed E-state index contributed by atoms with van der Waals surface area (Å²) in [4.78, 5) is 24.6. The van der Waals surface area contributed by atoms with Crippen LogP contribution in [0.4, 0.5) is 0 Å². The molecule has 0 aliphatic rings. The number of nitrogens with one attached hydrogen (secondary N) is 1. The van der Waals surface area contributed by atoms with Crippen molar-refractivity contribution in [1.82, 2.24) is 5.32 Å². The summed E-state index contributed by atoms with van der Waals surface area (Å²) < 4.78 is 12.4. The van der Waals surface area contributed by atoms with Gasteiger partial charge in [0.05, 0.1) is 11.1 Å². The number of benzene rings is 2. The van der Waals surface area contributed by atoms with Gasteiger partial charge >= 0.3 is 5.97 Å². The van der Waals surface area contributed by atoms with E-state index in [2.05, 4.69) is 37.2 Å². The third kappa shape index (κ3) is 6.66. The predicted octanol–water partition coefficient (Wildman–Crippen LogP) is 4.19. The maximum atomic E-state index is 12.3. The number of rotatable bonds is 8. The second-order valence-corrected chi connectivity index (χ2v) is 7.65. The van der Waals surface area contributed by atoms with E-state index in [4.69, 9.17) is 9.47 Å². The van der Waals surface area contributed by atoms with Crippen LogP contribution in [-0.2, 0) is 20.7 Å². The van der Waals surface area contributed by atoms with Crippen LogP contribution in [0.1, 0.15) is 18.1 Å². The standard InChI is InChI=1S/C20H21Br2NO4/c1-3-26-20(25)17(10-14-7-5-4-6-8-14)23-18(24)12-27-19-13(2)9-15(21)11-16(19)22/h4-9,11,17H,3,10,12H2,1-2H3,(H,23,24). The molecule has 1 atom stereocenters. The number of hydrogen-bond donors (Lipinski definition) is 1. The number of amides is 1. The second kappa shape index (κ2) is 10.5. The number of carbonyl (C=O) groups is 2. The van der Waals surface area contributed by atoms with Crippen molar-refractivity contribution in [2.24, 2.45) is 0 Å². The van der Waals surface area contributed by atoms with Gasteiger partial charge in [-0.2, -0.15) is 0 Å². The summed E-state index contributed by atoms with van der Waals surface area (Å²) >= 11 is 6.83. The van der Waals surface area contributed by atoms with Crippen molar-refractivity contribution in [1.29, 1.82) is 0 Å². The Labute approximate surface area is 175 Å². The Morgan fingerprint density at radius 3 is 2.48 bits per heavy atom. The van der Waals surface area contributed by atoms with Gasteiger partial charge in [0.1, 0.15) is 11.8 Å². The van der Waals surface area contributed by atoms with E-state index in [-0.39, 0.29) is 13.2 Å². The molecule has 2 rings (SSSR count). The molecule has 0 saturated carbocycles. The predicted molar refractivity (Wildman–Crippen MR) is 111 cm³/mol. The topological polar surface area (TPSA) is 64.6 Å². The summed E-state index contributed by atoms with van der Waals surface area (Å²) in [7, 11) is 0. The maximum Gasteiger partial charge on any atom is 0.328 e. The highest BCUT2D eigenvalue weighted by Gasteiger charge is 2.23. The first-order valence-electron chi connectivity index (χ1n) is 8.49. The molecular weight excluding hydrogens is 478 g/mol. The Morgan fingerprint density at radius 2 is 1.85 bits per heavy atom. The molecule has 27 heavy (non-hydrogen) atoms. The molecule has 2 aromatic carbocycles. The molecule has 0 bridgehead atoms. The molecule has 144 valence electrons. The van der Waals surface area contributed by atoms with Gasteiger partial charge in [-0.25, -0.2) is 4.79 Å². The van der Waals surface area contributed by atoms with Crippen molar-refractivity contribution in [3.63, 3.8) is 0 Å². The first kappa shape index (κ1) is 21.4. The molecule has 1 N–H and O–H groups in total. The van der Waals surface area contributed by atoms with Crippen molar-refractivity contribution in [2.45, 2.75) is 26.3 Å². The number of halogens is 2. The number of ether oxygens (including phenoxy) is 2. The number of hydrogen-bond acceptors (Lipinski definition) is 4. The minimum absolute atomic E-state index is 0.203. The molecule has 0 saturated heterocycles. The third-order valence-electron chi connectivity index (χ3n) is 3.73. The fraction of sp³-hybridized carbons (Fsp3) is 0.300. The first-order valence-corrected chi connectivity index (χ1v) is 10.1. The average Bonchev–Trinajstić information content (AvgIpc) is 2.61. The molecule has 7 heteroatoms. The minimum Gasteiger partial charge on any atom is -0.482 e. The van der Waals surface area contributed by atoms with E-state index >= 15 is 0 Å². The van der Waals surface area contributed by atoms with Crippen LogP contribution in [0.2, 0.25) is 0 Å². The Bertz CT molecular complexity index is 773. The summed E-state index contributed by atoms with van der Waals surface area (Å²) in [6.07, 6.45) is 0.354. The van der Waals surface area contributed by atoms with Crippen molar-refractivity contribution < 1.29 is 19.1 Å². The van der Waals surface area contributed by atoms with Crippen molar-refractivity contribution in [2.75, 3.05) is 13.2 Å². The van der Waals surface area contributed by atoms with E-state index < -0.39 is 17.9 Å². The van der Waals surface area contributed by atoms with Crippen LogP contribution < -0.4 is 10.1 Å². The van der Waals surface area contributed by atoms with Crippen LogP contribution in [0.3, 0.4) is 0 Å². The summed E-state index contributed by atoms with van der Waals surface area (Å²) in [5.74, 6) is -0.266. The number of aryl methyl sites for hydroxylation is 1. The monoisotopic (exact) mass is 497 g/mol. The Balaban J connectivity index is 2.01. The van der Waals surface area contributed by atoms with Gasteiger partial charge in [-0.05, 0) is 53.0 Å². The van der Waals surface area contributed by atoms with Crippen LogP contribution in [0, 0.1) is 6.92 Å². The maximum absolute atomic E-state index is 12.3. The molecule has 0 heterocycles. The van der Waals surface area contributed by atoms with E-state index in [1.807, 2.05) is 49.4 Å². The first-order chi connectivity index (χ1) is 12.9. The summed E-state index contributed by atoms with van der Waals surface area (Å²) in [6.45, 7) is 3.67. The quantitative estimate of drug-likeness (QED) is 0.554. The molecule has 5 nitrogen and oxygen atoms in total. The molecule has 0 aromatic heterocycles. The molecule has 0 aliphatic carbocycles. The second-order valence-electron chi connectivity index (χ2n) is 5.88. The van der Waals surface area contributed by atoms with Gasteiger partial charge in [-0.3, -0.25) is 4.79 Å². The lowest BCUT2D eigenvalue weighted by Gasteiger charge is -2.18. The fourth-order valence-corrected chi connectivity index (χ4v) is 4.08. The van der Waals surface area contributed by atoms with Crippen LogP contribution in [0.15, 0.2) is 51.4 Å². The molecule has 0 fully saturated rings. The largest absolute Gasteiger partial charge is 0.482 e. The van der Waals surface area contributed by atoms with Crippen LogP contribution >= 0.6 is 31.9 Å². The highest BCUT2D eigenvalue weighted by Crippen LogP contribution is 2.32. The van der Waals surface area contributed by atoms with Crippen LogP contribution in [0.25, 0.3) is 0 Å². The van der Waals surface area contributed by atoms with Crippen molar-refractivity contribution >= 4 is 43.7 Å². The van der Waals surface area contributed by atoms with Gasteiger partial charge in [0, 0.05) is 10.9 Å². The molecule has 1 amide bonds. The highest BCUT2D eigenvalue weighted by molar-refractivity contribution is 9.11. The molecule has 0 radical (unpaired) electrons. The fourth-order valence-electron chi connectivity index (χ4n) is 2.53. The Kier molecular flexibility index (Phi) is 8.31. The average molecular weight is 499 g/mol. The van der Waals surface area contributed by atoms with E-state index in [1.54, 1.807) is 6.92 Å². The van der Waals surface area contributed by atoms with Gasteiger partial charge in [0.15, 0.2) is 6.61 Å². The van der Waals surface area contributed by atoms with Crippen LogP contribution in [-0.4, -0.2) is 31.1 Å². The molecular formula is C20H21Br2NO4. The molecule has 0 aliphatic heterocycles. The Morgan fingerprint density at radius 1 is 1.15 bits per heavy atom. The van der Waals surface area contributed by atoms with Gasteiger partial charge < -0.3 is 14.8 Å². The van der Waals surface area contributed by atoms with E-state index in [9.17, 15) is 9.59 Å². The minimum atomic E-state index is -0.766. The normalized spacial score (nSPS) is 11.6.